The Labute approximate surface area is 110 Å². The molecule has 3 aromatic rings. The minimum Gasteiger partial charge on any atom is -0.486 e. The summed E-state index contributed by atoms with van der Waals surface area (Å²) < 4.78 is 24.4. The van der Waals surface area contributed by atoms with E-state index in [0.29, 0.717) is 0 Å². The third kappa shape index (κ3) is 2.32. The molecule has 0 saturated carbocycles. The van der Waals surface area contributed by atoms with Gasteiger partial charge in [0.2, 0.25) is 0 Å². The van der Waals surface area contributed by atoms with Crippen LogP contribution in [0.25, 0.3) is 11.0 Å². The van der Waals surface area contributed by atoms with Gasteiger partial charge in [-0.25, -0.2) is 4.39 Å². The number of halogens is 1. The molecule has 3 heteroatoms. The second-order valence-corrected chi connectivity index (χ2v) is 4.48. The van der Waals surface area contributed by atoms with Gasteiger partial charge in [0.05, 0.1) is 6.26 Å². The van der Waals surface area contributed by atoms with Gasteiger partial charge in [0, 0.05) is 10.9 Å². The van der Waals surface area contributed by atoms with Crippen molar-refractivity contribution in [3.63, 3.8) is 0 Å². The molecule has 1 aromatic heterocycles. The van der Waals surface area contributed by atoms with Crippen LogP contribution in [0.3, 0.4) is 0 Å². The highest BCUT2D eigenvalue weighted by atomic mass is 19.1. The van der Waals surface area contributed by atoms with Crippen LogP contribution in [-0.4, -0.2) is 0 Å². The first-order valence-electron chi connectivity index (χ1n) is 6.08. The summed E-state index contributed by atoms with van der Waals surface area (Å²) in [5.41, 5.74) is 2.88. The predicted octanol–water partition coefficient (Wildman–Crippen LogP) is 4.46. The average Bonchev–Trinajstić information content (AvgIpc) is 2.80. The Morgan fingerprint density at radius 2 is 2.00 bits per heavy atom. The van der Waals surface area contributed by atoms with Gasteiger partial charge < -0.3 is 9.15 Å². The van der Waals surface area contributed by atoms with Crippen molar-refractivity contribution in [1.29, 1.82) is 0 Å². The molecule has 0 fully saturated rings. The summed E-state index contributed by atoms with van der Waals surface area (Å²) in [6.07, 6.45) is 1.66. The molecule has 0 unspecified atom stereocenters. The summed E-state index contributed by atoms with van der Waals surface area (Å²) in [7, 11) is 0. The van der Waals surface area contributed by atoms with Crippen LogP contribution >= 0.6 is 0 Å². The second kappa shape index (κ2) is 4.76. The van der Waals surface area contributed by atoms with Gasteiger partial charge in [-0.1, -0.05) is 24.3 Å². The number of furan rings is 1. The van der Waals surface area contributed by atoms with E-state index in [4.69, 9.17) is 9.15 Å². The van der Waals surface area contributed by atoms with E-state index in [-0.39, 0.29) is 18.2 Å². The van der Waals surface area contributed by atoms with Crippen molar-refractivity contribution in [2.45, 2.75) is 13.5 Å². The van der Waals surface area contributed by atoms with E-state index in [1.807, 2.05) is 25.1 Å². The average molecular weight is 256 g/mol. The first-order chi connectivity index (χ1) is 9.24. The fraction of sp³-hybridized carbons (Fsp3) is 0.125. The molecule has 96 valence electrons. The largest absolute Gasteiger partial charge is 0.486 e. The highest BCUT2D eigenvalue weighted by Crippen LogP contribution is 2.24. The lowest BCUT2D eigenvalue weighted by molar-refractivity contribution is 0.290. The zero-order valence-corrected chi connectivity index (χ0v) is 10.5. The Kier molecular flexibility index (Phi) is 2.95. The zero-order valence-electron chi connectivity index (χ0n) is 10.5. The summed E-state index contributed by atoms with van der Waals surface area (Å²) in [6.45, 7) is 2.30. The fourth-order valence-corrected chi connectivity index (χ4v) is 2.02. The summed E-state index contributed by atoms with van der Waals surface area (Å²) in [6, 6.07) is 12.4. The van der Waals surface area contributed by atoms with E-state index in [1.165, 1.54) is 6.07 Å². The van der Waals surface area contributed by atoms with Gasteiger partial charge in [-0.05, 0) is 30.7 Å². The number of benzene rings is 2. The van der Waals surface area contributed by atoms with E-state index in [9.17, 15) is 4.39 Å². The lowest BCUT2D eigenvalue weighted by atomic mass is 10.1. The van der Waals surface area contributed by atoms with Gasteiger partial charge in [-0.15, -0.1) is 0 Å². The summed E-state index contributed by atoms with van der Waals surface area (Å²) >= 11 is 0. The number of hydrogen-bond acceptors (Lipinski definition) is 2. The summed E-state index contributed by atoms with van der Waals surface area (Å²) in [4.78, 5) is 0. The van der Waals surface area contributed by atoms with Crippen LogP contribution < -0.4 is 4.74 Å². The molecule has 0 N–H and O–H groups in total. The van der Waals surface area contributed by atoms with E-state index in [1.54, 1.807) is 24.5 Å². The molecule has 0 aliphatic carbocycles. The molecule has 0 amide bonds. The van der Waals surface area contributed by atoms with Crippen molar-refractivity contribution in [2.75, 3.05) is 0 Å². The van der Waals surface area contributed by atoms with E-state index in [0.717, 1.165) is 22.1 Å². The van der Waals surface area contributed by atoms with Crippen LogP contribution in [0.2, 0.25) is 0 Å². The molecular formula is C16H13FO2. The third-order valence-electron chi connectivity index (χ3n) is 3.03. The first-order valence-corrected chi connectivity index (χ1v) is 6.08. The number of para-hydroxylation sites is 1. The topological polar surface area (TPSA) is 22.4 Å². The Hall–Kier alpha value is -2.29. The second-order valence-electron chi connectivity index (χ2n) is 4.48. The molecule has 0 radical (unpaired) electrons. The monoisotopic (exact) mass is 256 g/mol. The van der Waals surface area contributed by atoms with Gasteiger partial charge in [0.15, 0.2) is 11.6 Å². The van der Waals surface area contributed by atoms with Crippen molar-refractivity contribution in [1.82, 2.24) is 0 Å². The quantitative estimate of drug-likeness (QED) is 0.690. The lowest BCUT2D eigenvalue weighted by Gasteiger charge is -2.05. The SMILES string of the molecule is Cc1ccc2c(COc3ccccc3F)coc2c1. The fourth-order valence-electron chi connectivity index (χ4n) is 2.02. The molecule has 19 heavy (non-hydrogen) atoms. The number of ether oxygens (including phenoxy) is 1. The third-order valence-corrected chi connectivity index (χ3v) is 3.03. The Bertz CT molecular complexity index is 716. The van der Waals surface area contributed by atoms with Crippen LogP contribution in [0.1, 0.15) is 11.1 Å². The van der Waals surface area contributed by atoms with Gasteiger partial charge in [-0.2, -0.15) is 0 Å². The highest BCUT2D eigenvalue weighted by Gasteiger charge is 2.08. The lowest BCUT2D eigenvalue weighted by Crippen LogP contribution is -1.96. The molecule has 0 spiro atoms. The van der Waals surface area contributed by atoms with Gasteiger partial charge in [0.1, 0.15) is 12.2 Å². The minimum atomic E-state index is -0.355. The molecule has 0 bridgehead atoms. The Morgan fingerprint density at radius 1 is 1.16 bits per heavy atom. The first kappa shape index (κ1) is 11.8. The van der Waals surface area contributed by atoms with E-state index in [2.05, 4.69) is 0 Å². The molecule has 0 aliphatic rings. The van der Waals surface area contributed by atoms with Crippen LogP contribution in [0.15, 0.2) is 53.1 Å². The molecule has 3 rings (SSSR count). The van der Waals surface area contributed by atoms with Crippen LogP contribution in [0.5, 0.6) is 5.75 Å². The molecule has 1 heterocycles. The van der Waals surface area contributed by atoms with Gasteiger partial charge in [0.25, 0.3) is 0 Å². The Morgan fingerprint density at radius 3 is 2.84 bits per heavy atom. The van der Waals surface area contributed by atoms with E-state index >= 15 is 0 Å². The van der Waals surface area contributed by atoms with Crippen LogP contribution in [-0.2, 0) is 6.61 Å². The highest BCUT2D eigenvalue weighted by molar-refractivity contribution is 5.81. The van der Waals surface area contributed by atoms with Crippen molar-refractivity contribution in [3.8, 4) is 5.75 Å². The maximum absolute atomic E-state index is 13.4. The van der Waals surface area contributed by atoms with Crippen LogP contribution in [0, 0.1) is 12.7 Å². The smallest absolute Gasteiger partial charge is 0.165 e. The minimum absolute atomic E-state index is 0.254. The molecular weight excluding hydrogens is 243 g/mol. The number of hydrogen-bond donors (Lipinski definition) is 0. The van der Waals surface area contributed by atoms with Crippen molar-refractivity contribution in [2.24, 2.45) is 0 Å². The number of fused-ring (bicyclic) bond motifs is 1. The molecule has 0 saturated heterocycles. The predicted molar refractivity (Wildman–Crippen MR) is 71.7 cm³/mol. The molecule has 2 nitrogen and oxygen atoms in total. The maximum Gasteiger partial charge on any atom is 0.165 e. The standard InChI is InChI=1S/C16H13FO2/c1-11-6-7-13-12(10-19-16(13)8-11)9-18-15-5-3-2-4-14(15)17/h2-8,10H,9H2,1H3. The van der Waals surface area contributed by atoms with Gasteiger partial charge >= 0.3 is 0 Å². The van der Waals surface area contributed by atoms with Crippen LogP contribution in [0.4, 0.5) is 4.39 Å². The number of rotatable bonds is 3. The van der Waals surface area contributed by atoms with E-state index < -0.39 is 0 Å². The van der Waals surface area contributed by atoms with Gasteiger partial charge in [-0.3, -0.25) is 0 Å². The molecule has 2 aromatic carbocycles. The zero-order chi connectivity index (χ0) is 13.2. The molecule has 0 aliphatic heterocycles. The normalized spacial score (nSPS) is 10.8. The molecule has 0 atom stereocenters. The summed E-state index contributed by atoms with van der Waals surface area (Å²) in [5.74, 6) is -0.102. The van der Waals surface area contributed by atoms with Crippen molar-refractivity contribution < 1.29 is 13.5 Å². The Balaban J connectivity index is 1.84. The maximum atomic E-state index is 13.4. The summed E-state index contributed by atoms with van der Waals surface area (Å²) in [5, 5.41) is 1.00. The van der Waals surface area contributed by atoms with Crippen molar-refractivity contribution >= 4 is 11.0 Å². The number of aryl methyl sites for hydroxylation is 1. The van der Waals surface area contributed by atoms with Crippen molar-refractivity contribution in [3.05, 3.63) is 65.7 Å².